The molecule has 0 bridgehead atoms. The second kappa shape index (κ2) is 7.46. The molecule has 4 heteroatoms. The summed E-state index contributed by atoms with van der Waals surface area (Å²) in [4.78, 5) is 0. The predicted octanol–water partition coefficient (Wildman–Crippen LogP) is 3.51. The van der Waals surface area contributed by atoms with Crippen LogP contribution in [-0.4, -0.2) is 18.3 Å². The SMILES string of the molecule is CCOc1ccccc1C(O)C(CN)c1ccc(Cl)cc1. The zero-order chi connectivity index (χ0) is 15.2. The lowest BCUT2D eigenvalue weighted by Crippen LogP contribution is -2.20. The van der Waals surface area contributed by atoms with Gasteiger partial charge in [-0.15, -0.1) is 0 Å². The first kappa shape index (κ1) is 15.8. The lowest BCUT2D eigenvalue weighted by atomic mass is 9.89. The second-order valence-electron chi connectivity index (χ2n) is 4.81. The Morgan fingerprint density at radius 3 is 2.43 bits per heavy atom. The summed E-state index contributed by atoms with van der Waals surface area (Å²) in [6, 6.07) is 14.9. The van der Waals surface area contributed by atoms with E-state index in [1.807, 2.05) is 43.3 Å². The molecule has 2 atom stereocenters. The number of para-hydroxylation sites is 1. The van der Waals surface area contributed by atoms with Gasteiger partial charge in [0.05, 0.1) is 12.7 Å². The van der Waals surface area contributed by atoms with E-state index in [1.54, 1.807) is 12.1 Å². The van der Waals surface area contributed by atoms with Gasteiger partial charge in [-0.05, 0) is 30.7 Å². The van der Waals surface area contributed by atoms with Crippen LogP contribution in [0.15, 0.2) is 48.5 Å². The predicted molar refractivity (Wildman–Crippen MR) is 85.8 cm³/mol. The summed E-state index contributed by atoms with van der Waals surface area (Å²) in [5.74, 6) is 0.490. The van der Waals surface area contributed by atoms with E-state index in [4.69, 9.17) is 22.1 Å². The summed E-state index contributed by atoms with van der Waals surface area (Å²) in [6.07, 6.45) is -0.723. The number of hydrogen-bond acceptors (Lipinski definition) is 3. The van der Waals surface area contributed by atoms with Crippen molar-refractivity contribution in [3.05, 3.63) is 64.7 Å². The first-order valence-electron chi connectivity index (χ1n) is 7.02. The van der Waals surface area contributed by atoms with E-state index in [9.17, 15) is 5.11 Å². The molecule has 0 heterocycles. The molecule has 2 aromatic rings. The zero-order valence-corrected chi connectivity index (χ0v) is 12.8. The van der Waals surface area contributed by atoms with Crippen LogP contribution < -0.4 is 10.5 Å². The van der Waals surface area contributed by atoms with Crippen LogP contribution in [0.25, 0.3) is 0 Å². The van der Waals surface area contributed by atoms with Gasteiger partial charge < -0.3 is 15.6 Å². The van der Waals surface area contributed by atoms with Gasteiger partial charge in [0.2, 0.25) is 0 Å². The Morgan fingerprint density at radius 2 is 1.81 bits per heavy atom. The summed E-state index contributed by atoms with van der Waals surface area (Å²) in [5.41, 5.74) is 7.58. The normalized spacial score (nSPS) is 13.7. The van der Waals surface area contributed by atoms with Crippen LogP contribution in [0, 0.1) is 0 Å². The number of hydrogen-bond donors (Lipinski definition) is 2. The van der Waals surface area contributed by atoms with Crippen molar-refractivity contribution in [2.45, 2.75) is 18.9 Å². The summed E-state index contributed by atoms with van der Waals surface area (Å²) in [6.45, 7) is 2.81. The quantitative estimate of drug-likeness (QED) is 0.858. The molecule has 0 spiro atoms. The molecular weight excluding hydrogens is 286 g/mol. The minimum Gasteiger partial charge on any atom is -0.493 e. The highest BCUT2D eigenvalue weighted by molar-refractivity contribution is 6.30. The highest BCUT2D eigenvalue weighted by Crippen LogP contribution is 2.35. The lowest BCUT2D eigenvalue weighted by molar-refractivity contribution is 0.142. The van der Waals surface area contributed by atoms with E-state index >= 15 is 0 Å². The molecule has 0 aliphatic rings. The third-order valence-corrected chi connectivity index (χ3v) is 3.72. The molecule has 21 heavy (non-hydrogen) atoms. The first-order valence-corrected chi connectivity index (χ1v) is 7.40. The van der Waals surface area contributed by atoms with Crippen LogP contribution >= 0.6 is 11.6 Å². The highest BCUT2D eigenvalue weighted by atomic mass is 35.5. The molecule has 0 aliphatic carbocycles. The molecule has 0 amide bonds. The molecular formula is C17H20ClNO2. The third-order valence-electron chi connectivity index (χ3n) is 3.47. The number of aliphatic hydroxyl groups is 1. The zero-order valence-electron chi connectivity index (χ0n) is 12.0. The molecule has 0 saturated heterocycles. The Balaban J connectivity index is 2.32. The second-order valence-corrected chi connectivity index (χ2v) is 5.25. The maximum absolute atomic E-state index is 10.7. The van der Waals surface area contributed by atoms with Crippen molar-refractivity contribution in [1.82, 2.24) is 0 Å². The van der Waals surface area contributed by atoms with E-state index < -0.39 is 6.10 Å². The van der Waals surface area contributed by atoms with Crippen LogP contribution in [-0.2, 0) is 0 Å². The van der Waals surface area contributed by atoms with Gasteiger partial charge in [0.25, 0.3) is 0 Å². The van der Waals surface area contributed by atoms with Crippen molar-refractivity contribution in [1.29, 1.82) is 0 Å². The molecule has 0 radical (unpaired) electrons. The Labute approximate surface area is 130 Å². The Hall–Kier alpha value is -1.55. The van der Waals surface area contributed by atoms with Gasteiger partial charge in [-0.1, -0.05) is 41.9 Å². The van der Waals surface area contributed by atoms with E-state index in [0.717, 1.165) is 11.1 Å². The van der Waals surface area contributed by atoms with Crippen molar-refractivity contribution in [2.75, 3.05) is 13.2 Å². The van der Waals surface area contributed by atoms with Crippen LogP contribution in [0.5, 0.6) is 5.75 Å². The first-order chi connectivity index (χ1) is 10.2. The Kier molecular flexibility index (Phi) is 5.62. The summed E-state index contributed by atoms with van der Waals surface area (Å²) in [7, 11) is 0. The minimum atomic E-state index is -0.723. The molecule has 0 aromatic heterocycles. The van der Waals surface area contributed by atoms with Crippen molar-refractivity contribution >= 4 is 11.6 Å². The smallest absolute Gasteiger partial charge is 0.125 e. The lowest BCUT2D eigenvalue weighted by Gasteiger charge is -2.24. The van der Waals surface area contributed by atoms with Crippen LogP contribution in [0.3, 0.4) is 0 Å². The van der Waals surface area contributed by atoms with E-state index in [1.165, 1.54) is 0 Å². The molecule has 3 nitrogen and oxygen atoms in total. The van der Waals surface area contributed by atoms with Gasteiger partial charge in [-0.3, -0.25) is 0 Å². The molecule has 2 rings (SSSR count). The number of ether oxygens (including phenoxy) is 1. The van der Waals surface area contributed by atoms with Crippen LogP contribution in [0.4, 0.5) is 0 Å². The number of nitrogens with two attached hydrogens (primary N) is 1. The van der Waals surface area contributed by atoms with Gasteiger partial charge >= 0.3 is 0 Å². The molecule has 2 unspecified atom stereocenters. The monoisotopic (exact) mass is 305 g/mol. The van der Waals surface area contributed by atoms with Crippen molar-refractivity contribution in [3.63, 3.8) is 0 Å². The molecule has 0 saturated carbocycles. The third kappa shape index (κ3) is 3.76. The maximum atomic E-state index is 10.7. The molecule has 2 aromatic carbocycles. The summed E-state index contributed by atoms with van der Waals surface area (Å²) >= 11 is 5.91. The van der Waals surface area contributed by atoms with Gasteiger partial charge in [0.15, 0.2) is 0 Å². The van der Waals surface area contributed by atoms with Gasteiger partial charge in [0.1, 0.15) is 5.75 Å². The van der Waals surface area contributed by atoms with Crippen molar-refractivity contribution in [2.24, 2.45) is 5.73 Å². The average Bonchev–Trinajstić information content (AvgIpc) is 2.50. The van der Waals surface area contributed by atoms with Gasteiger partial charge in [0, 0.05) is 23.0 Å². The number of rotatable bonds is 6. The van der Waals surface area contributed by atoms with Crippen LogP contribution in [0.1, 0.15) is 30.1 Å². The minimum absolute atomic E-state index is 0.205. The van der Waals surface area contributed by atoms with E-state index in [0.29, 0.717) is 23.9 Å². The Bertz CT molecular complexity index is 571. The van der Waals surface area contributed by atoms with E-state index in [-0.39, 0.29) is 5.92 Å². The molecule has 0 aliphatic heterocycles. The fourth-order valence-electron chi connectivity index (χ4n) is 2.39. The average molecular weight is 306 g/mol. The van der Waals surface area contributed by atoms with Gasteiger partial charge in [-0.2, -0.15) is 0 Å². The standard InChI is InChI=1S/C17H20ClNO2/c1-2-21-16-6-4-3-5-14(16)17(20)15(11-19)12-7-9-13(18)10-8-12/h3-10,15,17,20H,2,11,19H2,1H3. The Morgan fingerprint density at radius 1 is 1.14 bits per heavy atom. The van der Waals surface area contributed by atoms with Crippen LogP contribution in [0.2, 0.25) is 5.02 Å². The summed E-state index contributed by atoms with van der Waals surface area (Å²) in [5, 5.41) is 11.4. The molecule has 112 valence electrons. The molecule has 0 fully saturated rings. The topological polar surface area (TPSA) is 55.5 Å². The fraction of sp³-hybridized carbons (Fsp3) is 0.294. The number of aliphatic hydroxyl groups excluding tert-OH is 1. The van der Waals surface area contributed by atoms with Crippen molar-refractivity contribution < 1.29 is 9.84 Å². The van der Waals surface area contributed by atoms with Gasteiger partial charge in [-0.25, -0.2) is 0 Å². The number of benzene rings is 2. The fourth-order valence-corrected chi connectivity index (χ4v) is 2.51. The molecule has 3 N–H and O–H groups in total. The van der Waals surface area contributed by atoms with Crippen molar-refractivity contribution in [3.8, 4) is 5.75 Å². The van der Waals surface area contributed by atoms with E-state index in [2.05, 4.69) is 0 Å². The largest absolute Gasteiger partial charge is 0.493 e. The highest BCUT2D eigenvalue weighted by Gasteiger charge is 2.24. The maximum Gasteiger partial charge on any atom is 0.125 e. The number of halogens is 1. The summed E-state index contributed by atoms with van der Waals surface area (Å²) < 4.78 is 5.59.